The summed E-state index contributed by atoms with van der Waals surface area (Å²) in [5.41, 5.74) is 4.09. The van der Waals surface area contributed by atoms with Crippen LogP contribution in [-0.2, 0) is 4.79 Å². The molecular formula is C24H17Cl3N2O3. The number of nitrogens with one attached hydrogen (secondary N) is 1. The summed E-state index contributed by atoms with van der Waals surface area (Å²) in [5, 5.41) is 4.84. The van der Waals surface area contributed by atoms with E-state index in [0.717, 1.165) is 22.1 Å². The van der Waals surface area contributed by atoms with Gasteiger partial charge in [-0.25, -0.2) is 4.98 Å². The second-order valence-electron chi connectivity index (χ2n) is 6.98. The highest BCUT2D eigenvalue weighted by atomic mass is 35.5. The number of carbonyl (C=O) groups excluding carboxylic acids is 1. The molecule has 4 aromatic rings. The first kappa shape index (κ1) is 22.2. The van der Waals surface area contributed by atoms with Crippen molar-refractivity contribution >= 4 is 62.9 Å². The average Bonchev–Trinajstić information content (AvgIpc) is 3.17. The van der Waals surface area contributed by atoms with Crippen LogP contribution < -0.4 is 10.1 Å². The maximum absolute atomic E-state index is 12.6. The molecule has 0 unspecified atom stereocenters. The third-order valence-corrected chi connectivity index (χ3v) is 5.76. The van der Waals surface area contributed by atoms with Gasteiger partial charge >= 0.3 is 0 Å². The van der Waals surface area contributed by atoms with Crippen molar-refractivity contribution in [2.75, 3.05) is 12.4 Å². The van der Waals surface area contributed by atoms with E-state index in [1.807, 2.05) is 19.1 Å². The van der Waals surface area contributed by atoms with Gasteiger partial charge in [-0.3, -0.25) is 4.79 Å². The topological polar surface area (TPSA) is 64.4 Å². The minimum Gasteiger partial charge on any atom is -0.496 e. The zero-order valence-corrected chi connectivity index (χ0v) is 19.3. The van der Waals surface area contributed by atoms with Crippen molar-refractivity contribution in [1.82, 2.24) is 4.98 Å². The molecule has 2 aromatic carbocycles. The van der Waals surface area contributed by atoms with Gasteiger partial charge in [0.05, 0.1) is 24.1 Å². The van der Waals surface area contributed by atoms with Crippen LogP contribution >= 0.6 is 34.8 Å². The highest BCUT2D eigenvalue weighted by Crippen LogP contribution is 2.40. The molecule has 8 heteroatoms. The second kappa shape index (κ2) is 9.25. The van der Waals surface area contributed by atoms with Crippen molar-refractivity contribution in [3.63, 3.8) is 0 Å². The Morgan fingerprint density at radius 2 is 1.94 bits per heavy atom. The standard InChI is InChI=1S/C24H17Cl3N2O3/c1-13(8-23(30)29-20-4-3-7-28-24(20)27)16-10-17-18(12-32-22(17)11-21(16)31-2)15-6-5-14(25)9-19(15)26/h3-12H,1-2H3,(H,29,30)/b13-8+. The number of rotatable bonds is 5. The average molecular weight is 488 g/mol. The van der Waals surface area contributed by atoms with Crippen molar-refractivity contribution in [2.24, 2.45) is 0 Å². The fourth-order valence-corrected chi connectivity index (χ4v) is 4.05. The molecular weight excluding hydrogens is 471 g/mol. The molecule has 0 saturated heterocycles. The number of furan rings is 1. The third kappa shape index (κ3) is 4.46. The Labute approximate surface area is 199 Å². The van der Waals surface area contributed by atoms with Gasteiger partial charge in [-0.2, -0.15) is 0 Å². The second-order valence-corrected chi connectivity index (χ2v) is 8.18. The normalized spacial score (nSPS) is 11.6. The molecule has 0 radical (unpaired) electrons. The van der Waals surface area contributed by atoms with Crippen LogP contribution in [0.1, 0.15) is 12.5 Å². The van der Waals surface area contributed by atoms with E-state index in [9.17, 15) is 4.79 Å². The Morgan fingerprint density at radius 1 is 1.12 bits per heavy atom. The smallest absolute Gasteiger partial charge is 0.248 e. The van der Waals surface area contributed by atoms with Gasteiger partial charge in [0, 0.05) is 45.4 Å². The van der Waals surface area contributed by atoms with Gasteiger partial charge in [-0.1, -0.05) is 40.9 Å². The number of pyridine rings is 1. The van der Waals surface area contributed by atoms with Gasteiger partial charge in [0.2, 0.25) is 5.91 Å². The highest BCUT2D eigenvalue weighted by Gasteiger charge is 2.17. The molecule has 0 aliphatic heterocycles. The molecule has 2 aromatic heterocycles. The highest BCUT2D eigenvalue weighted by molar-refractivity contribution is 6.36. The van der Waals surface area contributed by atoms with Crippen LogP contribution in [0.25, 0.3) is 27.7 Å². The molecule has 0 spiro atoms. The third-order valence-electron chi connectivity index (χ3n) is 4.91. The van der Waals surface area contributed by atoms with E-state index in [1.54, 1.807) is 49.9 Å². The lowest BCUT2D eigenvalue weighted by molar-refractivity contribution is -0.111. The van der Waals surface area contributed by atoms with Crippen molar-refractivity contribution in [2.45, 2.75) is 6.92 Å². The number of fused-ring (bicyclic) bond motifs is 1. The van der Waals surface area contributed by atoms with E-state index >= 15 is 0 Å². The summed E-state index contributed by atoms with van der Waals surface area (Å²) in [6.45, 7) is 1.82. The van der Waals surface area contributed by atoms with Gasteiger partial charge in [-0.05, 0) is 42.8 Å². The van der Waals surface area contributed by atoms with Crippen LogP contribution in [0.4, 0.5) is 5.69 Å². The molecule has 0 bridgehead atoms. The van der Waals surface area contributed by atoms with Crippen LogP contribution in [-0.4, -0.2) is 18.0 Å². The van der Waals surface area contributed by atoms with E-state index in [2.05, 4.69) is 10.3 Å². The Kier molecular flexibility index (Phi) is 6.42. The number of benzene rings is 2. The van der Waals surface area contributed by atoms with E-state index in [-0.39, 0.29) is 11.1 Å². The summed E-state index contributed by atoms with van der Waals surface area (Å²) in [5.74, 6) is 0.231. The first-order valence-electron chi connectivity index (χ1n) is 9.52. The first-order valence-corrected chi connectivity index (χ1v) is 10.7. The first-order chi connectivity index (χ1) is 15.4. The van der Waals surface area contributed by atoms with Crippen LogP contribution in [0.2, 0.25) is 15.2 Å². The zero-order valence-electron chi connectivity index (χ0n) is 17.1. The number of amides is 1. The van der Waals surface area contributed by atoms with E-state index in [1.165, 1.54) is 6.08 Å². The fraction of sp³-hybridized carbons (Fsp3) is 0.0833. The molecule has 1 amide bonds. The van der Waals surface area contributed by atoms with Crippen molar-refractivity contribution in [3.05, 3.63) is 81.8 Å². The molecule has 0 aliphatic carbocycles. The number of halogens is 3. The van der Waals surface area contributed by atoms with Gasteiger partial charge in [0.15, 0.2) is 5.15 Å². The maximum Gasteiger partial charge on any atom is 0.248 e. The van der Waals surface area contributed by atoms with Crippen molar-refractivity contribution in [1.29, 1.82) is 0 Å². The SMILES string of the molecule is COc1cc2occ(-c3ccc(Cl)cc3Cl)c2cc1/C(C)=C/C(=O)Nc1cccnc1Cl. The van der Waals surface area contributed by atoms with Gasteiger partial charge in [-0.15, -0.1) is 0 Å². The number of hydrogen-bond acceptors (Lipinski definition) is 4. The summed E-state index contributed by atoms with van der Waals surface area (Å²) in [6.07, 6.45) is 4.66. The predicted octanol–water partition coefficient (Wildman–Crippen LogP) is 7.51. The summed E-state index contributed by atoms with van der Waals surface area (Å²) in [4.78, 5) is 16.5. The summed E-state index contributed by atoms with van der Waals surface area (Å²) >= 11 is 18.5. The zero-order chi connectivity index (χ0) is 22.8. The van der Waals surface area contributed by atoms with Gasteiger partial charge in [0.25, 0.3) is 0 Å². The van der Waals surface area contributed by atoms with Crippen molar-refractivity contribution < 1.29 is 13.9 Å². The summed E-state index contributed by atoms with van der Waals surface area (Å²) < 4.78 is 11.3. The number of aromatic nitrogens is 1. The maximum atomic E-state index is 12.6. The molecule has 0 aliphatic rings. The van der Waals surface area contributed by atoms with E-state index < -0.39 is 0 Å². The molecule has 32 heavy (non-hydrogen) atoms. The Hall–Kier alpha value is -2.99. The minimum absolute atomic E-state index is 0.216. The lowest BCUT2D eigenvalue weighted by Crippen LogP contribution is -2.09. The quantitative estimate of drug-likeness (QED) is 0.234. The largest absolute Gasteiger partial charge is 0.496 e. The number of allylic oxidation sites excluding steroid dienone is 1. The number of anilines is 1. The molecule has 5 nitrogen and oxygen atoms in total. The minimum atomic E-state index is -0.340. The Bertz CT molecular complexity index is 1360. The molecule has 0 atom stereocenters. The summed E-state index contributed by atoms with van der Waals surface area (Å²) in [7, 11) is 1.56. The number of ether oxygens (including phenoxy) is 1. The molecule has 162 valence electrons. The number of carbonyl (C=O) groups is 1. The van der Waals surface area contributed by atoms with Gasteiger partial charge < -0.3 is 14.5 Å². The number of methoxy groups -OCH3 is 1. The Morgan fingerprint density at radius 3 is 2.66 bits per heavy atom. The van der Waals surface area contributed by atoms with Crippen LogP contribution in [0.15, 0.2) is 65.4 Å². The lowest BCUT2D eigenvalue weighted by atomic mass is 9.99. The van der Waals surface area contributed by atoms with Gasteiger partial charge in [0.1, 0.15) is 11.3 Å². The number of nitrogens with zero attached hydrogens (tertiary/aromatic N) is 1. The molecule has 0 saturated carbocycles. The van der Waals surface area contributed by atoms with E-state index in [0.29, 0.717) is 32.6 Å². The van der Waals surface area contributed by atoms with Crippen LogP contribution in [0.5, 0.6) is 5.75 Å². The van der Waals surface area contributed by atoms with Crippen LogP contribution in [0, 0.1) is 0 Å². The molecule has 2 heterocycles. The Balaban J connectivity index is 1.75. The van der Waals surface area contributed by atoms with E-state index in [4.69, 9.17) is 44.0 Å². The lowest BCUT2D eigenvalue weighted by Gasteiger charge is -2.11. The fourth-order valence-electron chi connectivity index (χ4n) is 3.37. The summed E-state index contributed by atoms with van der Waals surface area (Å²) in [6, 6.07) is 12.4. The van der Waals surface area contributed by atoms with Crippen LogP contribution in [0.3, 0.4) is 0 Å². The molecule has 0 fully saturated rings. The molecule has 4 rings (SSSR count). The monoisotopic (exact) mass is 486 g/mol. The predicted molar refractivity (Wildman–Crippen MR) is 130 cm³/mol. The van der Waals surface area contributed by atoms with Crippen molar-refractivity contribution in [3.8, 4) is 16.9 Å². The number of hydrogen-bond donors (Lipinski definition) is 1. The molecule has 1 N–H and O–H groups in total.